The maximum Gasteiger partial charge on any atom is 0.229 e. The topological polar surface area (TPSA) is 50.3 Å². The molecule has 0 bridgehead atoms. The Labute approximate surface area is 126 Å². The summed E-state index contributed by atoms with van der Waals surface area (Å²) in [4.78, 5) is 11.0. The van der Waals surface area contributed by atoms with E-state index in [1.165, 1.54) is 0 Å². The summed E-state index contributed by atoms with van der Waals surface area (Å²) in [6.45, 7) is 8.73. The standard InChI is InChI=1S/C16H22N4O/c1-4-20(5-2)15-11-12-17-16(19-15)18-13-7-9-14(10-8-13)21-6-3/h7-12H,4-6H2,1-3H3,(H,17,18,19). The van der Waals surface area contributed by atoms with E-state index in [1.807, 2.05) is 37.3 Å². The number of nitrogens with zero attached hydrogens (tertiary/aromatic N) is 3. The van der Waals surface area contributed by atoms with Crippen LogP contribution in [-0.2, 0) is 0 Å². The van der Waals surface area contributed by atoms with Gasteiger partial charge in [-0.3, -0.25) is 0 Å². The second-order valence-corrected chi connectivity index (χ2v) is 4.49. The van der Waals surface area contributed by atoms with Gasteiger partial charge in [0, 0.05) is 25.0 Å². The van der Waals surface area contributed by atoms with Gasteiger partial charge in [-0.1, -0.05) is 0 Å². The summed E-state index contributed by atoms with van der Waals surface area (Å²) < 4.78 is 5.43. The summed E-state index contributed by atoms with van der Waals surface area (Å²) in [5.41, 5.74) is 0.940. The quantitative estimate of drug-likeness (QED) is 0.844. The van der Waals surface area contributed by atoms with Crippen molar-refractivity contribution in [2.45, 2.75) is 20.8 Å². The van der Waals surface area contributed by atoms with Crippen LogP contribution in [0.3, 0.4) is 0 Å². The maximum atomic E-state index is 5.43. The van der Waals surface area contributed by atoms with Gasteiger partial charge < -0.3 is 15.0 Å². The van der Waals surface area contributed by atoms with Gasteiger partial charge in [-0.25, -0.2) is 4.98 Å². The third-order valence-electron chi connectivity index (χ3n) is 3.15. The lowest BCUT2D eigenvalue weighted by Gasteiger charge is -2.19. The SMILES string of the molecule is CCOc1ccc(Nc2nccc(N(CC)CC)n2)cc1. The lowest BCUT2D eigenvalue weighted by atomic mass is 10.3. The highest BCUT2D eigenvalue weighted by atomic mass is 16.5. The number of aromatic nitrogens is 2. The van der Waals surface area contributed by atoms with Crippen LogP contribution in [0.4, 0.5) is 17.5 Å². The van der Waals surface area contributed by atoms with Crippen LogP contribution >= 0.6 is 0 Å². The summed E-state index contributed by atoms with van der Waals surface area (Å²) in [6.07, 6.45) is 1.78. The Bertz CT molecular complexity index is 552. The molecule has 2 aromatic rings. The summed E-state index contributed by atoms with van der Waals surface area (Å²) in [5.74, 6) is 2.40. The number of hydrogen-bond acceptors (Lipinski definition) is 5. The van der Waals surface area contributed by atoms with Gasteiger partial charge in [-0.15, -0.1) is 0 Å². The molecule has 0 saturated carbocycles. The molecule has 1 heterocycles. The highest BCUT2D eigenvalue weighted by Gasteiger charge is 2.05. The number of nitrogens with one attached hydrogen (secondary N) is 1. The molecular formula is C16H22N4O. The molecule has 0 aliphatic rings. The van der Waals surface area contributed by atoms with Crippen LogP contribution < -0.4 is 15.0 Å². The van der Waals surface area contributed by atoms with Crippen molar-refractivity contribution in [3.05, 3.63) is 36.5 Å². The molecule has 112 valence electrons. The minimum Gasteiger partial charge on any atom is -0.494 e. The minimum absolute atomic E-state index is 0.601. The van der Waals surface area contributed by atoms with Crippen molar-refractivity contribution in [2.24, 2.45) is 0 Å². The van der Waals surface area contributed by atoms with Crippen molar-refractivity contribution >= 4 is 17.5 Å². The molecule has 1 aromatic carbocycles. The van der Waals surface area contributed by atoms with E-state index in [1.54, 1.807) is 6.20 Å². The summed E-state index contributed by atoms with van der Waals surface area (Å²) in [5, 5.41) is 3.21. The van der Waals surface area contributed by atoms with Gasteiger partial charge in [-0.2, -0.15) is 4.98 Å². The van der Waals surface area contributed by atoms with Crippen LogP contribution in [0.15, 0.2) is 36.5 Å². The molecule has 5 nitrogen and oxygen atoms in total. The van der Waals surface area contributed by atoms with Crippen LogP contribution in [-0.4, -0.2) is 29.7 Å². The first-order valence-electron chi connectivity index (χ1n) is 7.34. The summed E-state index contributed by atoms with van der Waals surface area (Å²) in [7, 11) is 0. The molecule has 21 heavy (non-hydrogen) atoms. The average molecular weight is 286 g/mol. The van der Waals surface area contributed by atoms with Crippen LogP contribution in [0, 0.1) is 0 Å². The van der Waals surface area contributed by atoms with Crippen LogP contribution in [0.5, 0.6) is 5.75 Å². The number of hydrogen-bond donors (Lipinski definition) is 1. The van der Waals surface area contributed by atoms with Crippen LogP contribution in [0.2, 0.25) is 0 Å². The van der Waals surface area contributed by atoms with E-state index in [9.17, 15) is 0 Å². The van der Waals surface area contributed by atoms with Gasteiger partial charge in [0.05, 0.1) is 6.61 Å². The van der Waals surface area contributed by atoms with Gasteiger partial charge in [0.1, 0.15) is 11.6 Å². The normalized spacial score (nSPS) is 10.2. The lowest BCUT2D eigenvalue weighted by molar-refractivity contribution is 0.340. The third-order valence-corrected chi connectivity index (χ3v) is 3.15. The van der Waals surface area contributed by atoms with Crippen molar-refractivity contribution in [3.63, 3.8) is 0 Å². The molecule has 0 fully saturated rings. The van der Waals surface area contributed by atoms with E-state index in [4.69, 9.17) is 4.74 Å². The highest BCUT2D eigenvalue weighted by molar-refractivity contribution is 5.56. The molecule has 5 heteroatoms. The zero-order valence-electron chi connectivity index (χ0n) is 12.8. The van der Waals surface area contributed by atoms with Crippen molar-refractivity contribution < 1.29 is 4.74 Å². The smallest absolute Gasteiger partial charge is 0.229 e. The zero-order valence-corrected chi connectivity index (χ0v) is 12.8. The number of ether oxygens (including phenoxy) is 1. The Morgan fingerprint density at radius 2 is 1.76 bits per heavy atom. The van der Waals surface area contributed by atoms with Gasteiger partial charge >= 0.3 is 0 Å². The second-order valence-electron chi connectivity index (χ2n) is 4.49. The average Bonchev–Trinajstić information content (AvgIpc) is 2.51. The minimum atomic E-state index is 0.601. The van der Waals surface area contributed by atoms with E-state index in [0.717, 1.165) is 30.3 Å². The molecule has 2 rings (SSSR count). The zero-order chi connectivity index (χ0) is 15.1. The molecule has 1 aromatic heterocycles. The Morgan fingerprint density at radius 3 is 2.38 bits per heavy atom. The molecule has 0 unspecified atom stereocenters. The third kappa shape index (κ3) is 4.08. The number of rotatable bonds is 7. The molecule has 0 saturated heterocycles. The van der Waals surface area contributed by atoms with Crippen molar-refractivity contribution in [1.29, 1.82) is 0 Å². The molecule has 0 radical (unpaired) electrons. The molecule has 0 aliphatic heterocycles. The fourth-order valence-corrected chi connectivity index (χ4v) is 2.06. The second kappa shape index (κ2) is 7.47. The Kier molecular flexibility index (Phi) is 5.37. The summed E-state index contributed by atoms with van der Waals surface area (Å²) in [6, 6.07) is 9.70. The number of anilines is 3. The first kappa shape index (κ1) is 15.1. The summed E-state index contributed by atoms with van der Waals surface area (Å²) >= 11 is 0. The van der Waals surface area contributed by atoms with E-state index in [-0.39, 0.29) is 0 Å². The lowest BCUT2D eigenvalue weighted by Crippen LogP contribution is -2.23. The Hall–Kier alpha value is -2.30. The maximum absolute atomic E-state index is 5.43. The Balaban J connectivity index is 2.10. The monoisotopic (exact) mass is 286 g/mol. The molecule has 1 N–H and O–H groups in total. The fourth-order valence-electron chi connectivity index (χ4n) is 2.06. The van der Waals surface area contributed by atoms with Gasteiger partial charge in [0.15, 0.2) is 0 Å². The van der Waals surface area contributed by atoms with E-state index in [2.05, 4.69) is 34.0 Å². The van der Waals surface area contributed by atoms with E-state index < -0.39 is 0 Å². The molecule has 0 amide bonds. The van der Waals surface area contributed by atoms with Gasteiger partial charge in [-0.05, 0) is 51.1 Å². The highest BCUT2D eigenvalue weighted by Crippen LogP contribution is 2.19. The van der Waals surface area contributed by atoms with Crippen LogP contribution in [0.25, 0.3) is 0 Å². The predicted octanol–water partition coefficient (Wildman–Crippen LogP) is 3.47. The van der Waals surface area contributed by atoms with E-state index in [0.29, 0.717) is 12.6 Å². The number of benzene rings is 1. The molecular weight excluding hydrogens is 264 g/mol. The van der Waals surface area contributed by atoms with Crippen LogP contribution in [0.1, 0.15) is 20.8 Å². The molecule has 0 aliphatic carbocycles. The largest absolute Gasteiger partial charge is 0.494 e. The van der Waals surface area contributed by atoms with Gasteiger partial charge in [0.25, 0.3) is 0 Å². The van der Waals surface area contributed by atoms with Crippen molar-refractivity contribution in [2.75, 3.05) is 29.9 Å². The molecule has 0 spiro atoms. The fraction of sp³-hybridized carbons (Fsp3) is 0.375. The van der Waals surface area contributed by atoms with Gasteiger partial charge in [0.2, 0.25) is 5.95 Å². The molecule has 0 atom stereocenters. The van der Waals surface area contributed by atoms with E-state index >= 15 is 0 Å². The van der Waals surface area contributed by atoms with Crippen molar-refractivity contribution in [3.8, 4) is 5.75 Å². The first-order valence-corrected chi connectivity index (χ1v) is 7.34. The predicted molar refractivity (Wildman–Crippen MR) is 86.5 cm³/mol. The Morgan fingerprint density at radius 1 is 1.05 bits per heavy atom. The van der Waals surface area contributed by atoms with Crippen molar-refractivity contribution in [1.82, 2.24) is 9.97 Å². The first-order chi connectivity index (χ1) is 10.3.